The van der Waals surface area contributed by atoms with Crippen LogP contribution in [0.1, 0.15) is 5.56 Å². The summed E-state index contributed by atoms with van der Waals surface area (Å²) in [5, 5.41) is 14.5. The predicted molar refractivity (Wildman–Crippen MR) is 73.1 cm³/mol. The van der Waals surface area contributed by atoms with Crippen molar-refractivity contribution in [1.82, 2.24) is 19.5 Å². The van der Waals surface area contributed by atoms with Crippen LogP contribution in [0.25, 0.3) is 0 Å². The second kappa shape index (κ2) is 6.07. The first-order chi connectivity index (χ1) is 10.2. The van der Waals surface area contributed by atoms with Crippen molar-refractivity contribution in [2.24, 2.45) is 0 Å². The maximum atomic E-state index is 14.0. The van der Waals surface area contributed by atoms with Gasteiger partial charge < -0.3 is 5.11 Å². The molecule has 1 aromatic carbocycles. The van der Waals surface area contributed by atoms with Crippen LogP contribution < -0.4 is 4.72 Å². The number of sulfonamides is 1. The summed E-state index contributed by atoms with van der Waals surface area (Å²) in [7, 11) is -3.62. The second-order valence-corrected chi connectivity index (χ2v) is 6.68. The van der Waals surface area contributed by atoms with Crippen molar-refractivity contribution >= 4 is 10.0 Å². The van der Waals surface area contributed by atoms with Gasteiger partial charge in [0.05, 0.1) is 12.8 Å². The molecule has 0 saturated heterocycles. The lowest BCUT2D eigenvalue weighted by molar-refractivity contribution is 0.0169. The molecule has 0 fully saturated rings. The van der Waals surface area contributed by atoms with Crippen LogP contribution >= 0.6 is 0 Å². The summed E-state index contributed by atoms with van der Waals surface area (Å²) in [5.74, 6) is -1.79. The third-order valence-electron chi connectivity index (χ3n) is 2.95. The van der Waals surface area contributed by atoms with Crippen LogP contribution in [0.4, 0.5) is 8.78 Å². The Morgan fingerprint density at radius 1 is 1.41 bits per heavy atom. The summed E-state index contributed by atoms with van der Waals surface area (Å²) >= 11 is 0. The molecule has 0 amide bonds. The zero-order chi connectivity index (χ0) is 16.4. The number of aromatic nitrogens is 3. The third-order valence-corrected chi connectivity index (χ3v) is 3.62. The molecule has 0 bridgehead atoms. The maximum absolute atomic E-state index is 14.0. The number of benzene rings is 1. The quantitative estimate of drug-likeness (QED) is 0.776. The molecule has 0 aliphatic rings. The first-order valence-corrected chi connectivity index (χ1v) is 8.04. The molecule has 2 N–H and O–H groups in total. The monoisotopic (exact) mass is 332 g/mol. The molecule has 1 unspecified atom stereocenters. The summed E-state index contributed by atoms with van der Waals surface area (Å²) in [4.78, 5) is 3.69. The molecular formula is C12H14F2N4O3S. The van der Waals surface area contributed by atoms with Crippen molar-refractivity contribution in [3.8, 4) is 0 Å². The number of nitrogens with zero attached hydrogens (tertiary/aromatic N) is 3. The van der Waals surface area contributed by atoms with Gasteiger partial charge in [0, 0.05) is 18.2 Å². The Labute approximate surface area is 125 Å². The highest BCUT2D eigenvalue weighted by atomic mass is 32.2. The minimum Gasteiger partial charge on any atom is -0.382 e. The van der Waals surface area contributed by atoms with Crippen LogP contribution in [0.2, 0.25) is 0 Å². The van der Waals surface area contributed by atoms with Crippen molar-refractivity contribution in [1.29, 1.82) is 0 Å². The van der Waals surface area contributed by atoms with E-state index in [1.54, 1.807) is 0 Å². The van der Waals surface area contributed by atoms with Gasteiger partial charge >= 0.3 is 0 Å². The Balaban J connectivity index is 2.39. The first kappa shape index (κ1) is 16.5. The van der Waals surface area contributed by atoms with Gasteiger partial charge in [0.1, 0.15) is 29.9 Å². The molecule has 0 aliphatic carbocycles. The highest BCUT2D eigenvalue weighted by Gasteiger charge is 2.34. The number of hydrogen-bond acceptors (Lipinski definition) is 5. The topological polar surface area (TPSA) is 97.1 Å². The molecular weight excluding hydrogens is 318 g/mol. The lowest BCUT2D eigenvalue weighted by atomic mass is 9.93. The zero-order valence-corrected chi connectivity index (χ0v) is 12.4. The minimum atomic E-state index is -3.62. The standard InChI is InChI=1S/C12H14F2N4O3S/c1-22(20,21)17-5-12(19,6-18-8-15-7-16-18)10-3-2-9(13)4-11(10)14/h2-4,7-8,17,19H,5-6H2,1H3. The van der Waals surface area contributed by atoms with Crippen LogP contribution in [0.15, 0.2) is 30.9 Å². The van der Waals surface area contributed by atoms with E-state index in [4.69, 9.17) is 0 Å². The van der Waals surface area contributed by atoms with Crippen LogP contribution in [-0.4, -0.2) is 41.1 Å². The maximum Gasteiger partial charge on any atom is 0.208 e. The number of aliphatic hydroxyl groups is 1. The highest BCUT2D eigenvalue weighted by Crippen LogP contribution is 2.26. The fourth-order valence-electron chi connectivity index (χ4n) is 1.94. The van der Waals surface area contributed by atoms with Gasteiger partial charge in [-0.25, -0.2) is 31.6 Å². The molecule has 2 aromatic rings. The molecule has 1 atom stereocenters. The minimum absolute atomic E-state index is 0.249. The van der Waals surface area contributed by atoms with Crippen LogP contribution in [0.5, 0.6) is 0 Å². The summed E-state index contributed by atoms with van der Waals surface area (Å²) in [6.45, 7) is -0.772. The summed E-state index contributed by atoms with van der Waals surface area (Å²) in [6, 6.07) is 2.65. The summed E-state index contributed by atoms with van der Waals surface area (Å²) in [6.07, 6.45) is 3.40. The van der Waals surface area contributed by atoms with Crippen LogP contribution in [-0.2, 0) is 22.2 Å². The smallest absolute Gasteiger partial charge is 0.208 e. The van der Waals surface area contributed by atoms with Crippen molar-refractivity contribution in [2.75, 3.05) is 12.8 Å². The largest absolute Gasteiger partial charge is 0.382 e. The molecule has 10 heteroatoms. The van der Waals surface area contributed by atoms with Crippen molar-refractivity contribution in [3.05, 3.63) is 48.1 Å². The second-order valence-electron chi connectivity index (χ2n) is 4.84. The fourth-order valence-corrected chi connectivity index (χ4v) is 2.44. The fraction of sp³-hybridized carbons (Fsp3) is 0.333. The van der Waals surface area contributed by atoms with E-state index < -0.39 is 33.8 Å². The van der Waals surface area contributed by atoms with E-state index in [-0.39, 0.29) is 12.1 Å². The number of hydrogen-bond donors (Lipinski definition) is 2. The Morgan fingerprint density at radius 2 is 2.14 bits per heavy atom. The normalized spacial score (nSPS) is 14.7. The summed E-state index contributed by atoms with van der Waals surface area (Å²) in [5.41, 5.74) is -2.21. The molecule has 7 nitrogen and oxygen atoms in total. The van der Waals surface area contributed by atoms with Gasteiger partial charge in [-0.1, -0.05) is 6.07 Å². The Bertz CT molecular complexity index is 752. The van der Waals surface area contributed by atoms with Gasteiger partial charge in [-0.15, -0.1) is 0 Å². The zero-order valence-electron chi connectivity index (χ0n) is 11.6. The lowest BCUT2D eigenvalue weighted by Crippen LogP contribution is -2.44. The van der Waals surface area contributed by atoms with E-state index in [9.17, 15) is 22.3 Å². The number of rotatable bonds is 6. The van der Waals surface area contributed by atoms with E-state index >= 15 is 0 Å². The SMILES string of the molecule is CS(=O)(=O)NCC(O)(Cn1cncn1)c1ccc(F)cc1F. The van der Waals surface area contributed by atoms with Crippen LogP contribution in [0, 0.1) is 11.6 Å². The predicted octanol–water partition coefficient (Wildman–Crippen LogP) is -0.00670. The Hall–Kier alpha value is -1.91. The van der Waals surface area contributed by atoms with E-state index in [0.717, 1.165) is 18.4 Å². The molecule has 0 spiro atoms. The average molecular weight is 332 g/mol. The molecule has 22 heavy (non-hydrogen) atoms. The molecule has 120 valence electrons. The molecule has 2 rings (SSSR count). The van der Waals surface area contributed by atoms with E-state index in [2.05, 4.69) is 14.8 Å². The van der Waals surface area contributed by atoms with E-state index in [1.165, 1.54) is 17.3 Å². The highest BCUT2D eigenvalue weighted by molar-refractivity contribution is 7.88. The van der Waals surface area contributed by atoms with E-state index in [1.807, 2.05) is 0 Å². The van der Waals surface area contributed by atoms with Crippen molar-refractivity contribution in [3.63, 3.8) is 0 Å². The van der Waals surface area contributed by atoms with Crippen molar-refractivity contribution < 1.29 is 22.3 Å². The first-order valence-electron chi connectivity index (χ1n) is 6.14. The van der Waals surface area contributed by atoms with Gasteiger partial charge in [-0.3, -0.25) is 0 Å². The Morgan fingerprint density at radius 3 is 2.68 bits per heavy atom. The summed E-state index contributed by atoms with van der Waals surface area (Å²) < 4.78 is 52.8. The molecule has 1 heterocycles. The van der Waals surface area contributed by atoms with Gasteiger partial charge in [0.25, 0.3) is 0 Å². The third kappa shape index (κ3) is 4.06. The van der Waals surface area contributed by atoms with E-state index in [0.29, 0.717) is 6.07 Å². The van der Waals surface area contributed by atoms with Crippen LogP contribution in [0.3, 0.4) is 0 Å². The molecule has 0 aliphatic heterocycles. The number of nitrogens with one attached hydrogen (secondary N) is 1. The molecule has 1 aromatic heterocycles. The van der Waals surface area contributed by atoms with Gasteiger partial charge in [-0.2, -0.15) is 5.10 Å². The average Bonchev–Trinajstić information content (AvgIpc) is 2.88. The Kier molecular flexibility index (Phi) is 4.54. The van der Waals surface area contributed by atoms with Crippen molar-refractivity contribution in [2.45, 2.75) is 12.1 Å². The molecule has 0 radical (unpaired) electrons. The lowest BCUT2D eigenvalue weighted by Gasteiger charge is -2.28. The van der Waals surface area contributed by atoms with Gasteiger partial charge in [0.2, 0.25) is 10.0 Å². The van der Waals surface area contributed by atoms with Gasteiger partial charge in [-0.05, 0) is 6.07 Å². The number of halogens is 2. The van der Waals surface area contributed by atoms with Gasteiger partial charge in [0.15, 0.2) is 0 Å². The molecule has 0 saturated carbocycles.